The van der Waals surface area contributed by atoms with E-state index < -0.39 is 12.4 Å². The number of hydrogen-bond donors (Lipinski definition) is 1. The van der Waals surface area contributed by atoms with E-state index in [1.807, 2.05) is 28.7 Å². The van der Waals surface area contributed by atoms with Gasteiger partial charge >= 0.3 is 58.4 Å². The van der Waals surface area contributed by atoms with E-state index in [9.17, 15) is 12.9 Å². The number of benzene rings is 1. The molecule has 0 radical (unpaired) electrons. The summed E-state index contributed by atoms with van der Waals surface area (Å²) in [5.74, 6) is 0. The predicted molar refractivity (Wildman–Crippen MR) is 76.0 cm³/mol. The van der Waals surface area contributed by atoms with Crippen LogP contribution in [0.5, 0.6) is 0 Å². The summed E-state index contributed by atoms with van der Waals surface area (Å²) in [6.45, 7) is -0.735. The second-order valence-corrected chi connectivity index (χ2v) is 5.74. The minimum atomic E-state index is -4.91. The summed E-state index contributed by atoms with van der Waals surface area (Å²) in [6, 6.07) is 4.32. The Morgan fingerprint density at radius 3 is 2.37 bits per heavy atom. The molecule has 1 aliphatic heterocycles. The Morgan fingerprint density at radius 1 is 1.16 bits per heavy atom. The van der Waals surface area contributed by atoms with E-state index in [1.54, 1.807) is 0 Å². The van der Waals surface area contributed by atoms with Gasteiger partial charge in [-0.2, -0.15) is 0 Å². The molecule has 100 valence electrons. The van der Waals surface area contributed by atoms with E-state index in [-0.39, 0.29) is 51.4 Å². The summed E-state index contributed by atoms with van der Waals surface area (Å²) in [6.07, 6.45) is 0. The first-order chi connectivity index (χ1) is 8.45. The van der Waals surface area contributed by atoms with Crippen molar-refractivity contribution in [2.75, 3.05) is 26.2 Å². The number of piperazine rings is 1. The predicted octanol–water partition coefficient (Wildman–Crippen LogP) is -1.25. The monoisotopic (exact) mass is 408 g/mol. The van der Waals surface area contributed by atoms with Gasteiger partial charge in [0, 0.05) is 36.3 Å². The molecule has 2 nitrogen and oxygen atoms in total. The summed E-state index contributed by atoms with van der Waals surface area (Å²) in [5, 5.41) is 3.23. The van der Waals surface area contributed by atoms with Crippen LogP contribution >= 0.6 is 22.6 Å². The maximum absolute atomic E-state index is 12.8. The molecule has 2 rings (SSSR count). The van der Waals surface area contributed by atoms with Crippen molar-refractivity contribution >= 4 is 35.0 Å². The molecule has 0 atom stereocenters. The van der Waals surface area contributed by atoms with E-state index in [4.69, 9.17) is 0 Å². The van der Waals surface area contributed by atoms with Crippen LogP contribution in [-0.2, 0) is 6.54 Å². The number of halogens is 4. The van der Waals surface area contributed by atoms with Crippen LogP contribution in [-0.4, -0.2) is 38.1 Å². The number of hydrogen-bond acceptors (Lipinski definition) is 2. The molecule has 1 aromatic carbocycles. The average molecular weight is 408 g/mol. The molecule has 0 unspecified atom stereocenters. The molecule has 0 amide bonds. The van der Waals surface area contributed by atoms with Crippen molar-refractivity contribution in [3.63, 3.8) is 0 Å². The van der Waals surface area contributed by atoms with E-state index >= 15 is 0 Å². The standard InChI is InChI=1S/C11H14BF3IN2.K/c13-12(14,15)10-5-9(6-11(16)7-10)8-18-3-1-17-2-4-18;/h5-7,17H,1-4,8H2;/q-1;+1. The van der Waals surface area contributed by atoms with Crippen LogP contribution in [0.15, 0.2) is 18.2 Å². The van der Waals surface area contributed by atoms with Gasteiger partial charge in [0.2, 0.25) is 0 Å². The third-order valence-electron chi connectivity index (χ3n) is 2.97. The third-order valence-corrected chi connectivity index (χ3v) is 3.60. The third kappa shape index (κ3) is 5.93. The Morgan fingerprint density at radius 2 is 1.79 bits per heavy atom. The molecule has 0 bridgehead atoms. The van der Waals surface area contributed by atoms with Crippen LogP contribution in [0.3, 0.4) is 0 Å². The van der Waals surface area contributed by atoms with Gasteiger partial charge < -0.3 is 18.3 Å². The van der Waals surface area contributed by atoms with Gasteiger partial charge in [-0.3, -0.25) is 4.90 Å². The molecule has 1 saturated heterocycles. The summed E-state index contributed by atoms with van der Waals surface area (Å²) >= 11 is 1.94. The van der Waals surface area contributed by atoms with Gasteiger partial charge in [0.25, 0.3) is 0 Å². The van der Waals surface area contributed by atoms with Crippen molar-refractivity contribution in [2.24, 2.45) is 0 Å². The Balaban J connectivity index is 0.00000180. The van der Waals surface area contributed by atoms with Gasteiger partial charge in [0.1, 0.15) is 0 Å². The number of nitrogens with zero attached hydrogens (tertiary/aromatic N) is 1. The van der Waals surface area contributed by atoms with E-state index in [0.29, 0.717) is 10.1 Å². The van der Waals surface area contributed by atoms with E-state index in [2.05, 4.69) is 10.2 Å². The van der Waals surface area contributed by atoms with E-state index in [0.717, 1.165) is 31.7 Å². The van der Waals surface area contributed by atoms with Crippen LogP contribution in [0.1, 0.15) is 5.56 Å². The molecule has 1 N–H and O–H groups in total. The fourth-order valence-corrected chi connectivity index (χ4v) is 2.84. The van der Waals surface area contributed by atoms with Gasteiger partial charge in [-0.1, -0.05) is 12.1 Å². The fraction of sp³-hybridized carbons (Fsp3) is 0.455. The van der Waals surface area contributed by atoms with Crippen molar-refractivity contribution in [2.45, 2.75) is 6.54 Å². The Labute approximate surface area is 167 Å². The zero-order chi connectivity index (χ0) is 13.2. The summed E-state index contributed by atoms with van der Waals surface area (Å²) in [4.78, 5) is 2.18. The molecule has 1 aliphatic rings. The second kappa shape index (κ2) is 8.12. The molecule has 0 aliphatic carbocycles. The zero-order valence-electron chi connectivity index (χ0n) is 10.8. The van der Waals surface area contributed by atoms with Crippen LogP contribution in [0.25, 0.3) is 0 Å². The molecule has 1 fully saturated rings. The molecule has 8 heteroatoms. The molecular formula is C11H14BF3IKN2. The first-order valence-corrected chi connectivity index (χ1v) is 6.95. The Kier molecular flexibility index (Phi) is 7.86. The molecular weight excluding hydrogens is 394 g/mol. The van der Waals surface area contributed by atoms with Gasteiger partial charge in [0.05, 0.1) is 0 Å². The molecule has 0 saturated carbocycles. The Hall–Kier alpha value is 1.36. The Bertz CT molecular complexity index is 425. The summed E-state index contributed by atoms with van der Waals surface area (Å²) in [5.41, 5.74) is 0.255. The molecule has 1 aromatic rings. The zero-order valence-corrected chi connectivity index (χ0v) is 16.1. The van der Waals surface area contributed by atoms with Gasteiger partial charge in [-0.15, -0.1) is 5.46 Å². The van der Waals surface area contributed by atoms with E-state index in [1.165, 1.54) is 12.1 Å². The number of rotatable bonds is 3. The quantitative estimate of drug-likeness (QED) is 0.498. The summed E-state index contributed by atoms with van der Waals surface area (Å²) < 4.78 is 38.9. The van der Waals surface area contributed by atoms with Crippen molar-refractivity contribution in [1.82, 2.24) is 10.2 Å². The first kappa shape index (κ1) is 18.4. The van der Waals surface area contributed by atoms with Crippen molar-refractivity contribution in [3.05, 3.63) is 27.3 Å². The maximum Gasteiger partial charge on any atom is 1.00 e. The van der Waals surface area contributed by atoms with Gasteiger partial charge in [0.15, 0.2) is 0 Å². The normalized spacial score (nSPS) is 17.1. The largest absolute Gasteiger partial charge is 1.00 e. The van der Waals surface area contributed by atoms with Crippen molar-refractivity contribution < 1.29 is 64.3 Å². The molecule has 19 heavy (non-hydrogen) atoms. The van der Waals surface area contributed by atoms with Crippen LogP contribution in [0, 0.1) is 3.57 Å². The molecule has 0 aromatic heterocycles. The van der Waals surface area contributed by atoms with Gasteiger partial charge in [-0.05, 0) is 34.2 Å². The van der Waals surface area contributed by atoms with Crippen LogP contribution in [0.4, 0.5) is 12.9 Å². The minimum absolute atomic E-state index is 0. The maximum atomic E-state index is 12.8. The van der Waals surface area contributed by atoms with Gasteiger partial charge in [-0.25, -0.2) is 0 Å². The smallest absolute Gasteiger partial charge is 0.445 e. The number of nitrogens with one attached hydrogen (secondary N) is 1. The van der Waals surface area contributed by atoms with Crippen LogP contribution in [0.2, 0.25) is 0 Å². The first-order valence-electron chi connectivity index (χ1n) is 5.87. The average Bonchev–Trinajstić information content (AvgIpc) is 2.28. The molecule has 1 heterocycles. The summed E-state index contributed by atoms with van der Waals surface area (Å²) in [7, 11) is 0. The minimum Gasteiger partial charge on any atom is -0.445 e. The fourth-order valence-electron chi connectivity index (χ4n) is 2.08. The van der Waals surface area contributed by atoms with Crippen molar-refractivity contribution in [3.8, 4) is 0 Å². The van der Waals surface area contributed by atoms with Crippen molar-refractivity contribution in [1.29, 1.82) is 0 Å². The van der Waals surface area contributed by atoms with Crippen LogP contribution < -0.4 is 62.2 Å². The topological polar surface area (TPSA) is 15.3 Å². The second-order valence-electron chi connectivity index (χ2n) is 4.49. The molecule has 0 spiro atoms. The SMILES string of the molecule is F[B-](F)(F)c1cc(I)cc(CN2CCNCC2)c1.[K+].